The van der Waals surface area contributed by atoms with Crippen molar-refractivity contribution < 1.29 is 9.90 Å². The highest BCUT2D eigenvalue weighted by Gasteiger charge is 2.13. The molecule has 60 valence electrons. The summed E-state index contributed by atoms with van der Waals surface area (Å²) in [6, 6.07) is 0. The molecular formula is C5H13N3O2. The lowest BCUT2D eigenvalue weighted by Crippen LogP contribution is -2.44. The van der Waals surface area contributed by atoms with Crippen LogP contribution in [-0.2, 0) is 0 Å². The van der Waals surface area contributed by atoms with Gasteiger partial charge >= 0.3 is 6.09 Å². The predicted octanol–water partition coefficient (Wildman–Crippen LogP) is 0.0792. The standard InChI is InChI=1S/C5H10N2O2.H3N/c8-5(9)7-3-1-2-6-4-7;/h6H,1-4H2,(H,8,9);1H3. The number of rotatable bonds is 0. The Hall–Kier alpha value is -0.810. The third-order valence-electron chi connectivity index (χ3n) is 1.35. The molecule has 0 aromatic heterocycles. The summed E-state index contributed by atoms with van der Waals surface area (Å²) in [5.41, 5.74) is 0. The third kappa shape index (κ3) is 2.20. The zero-order valence-corrected chi connectivity index (χ0v) is 5.84. The minimum Gasteiger partial charge on any atom is -0.465 e. The van der Waals surface area contributed by atoms with Crippen LogP contribution in [0.4, 0.5) is 4.79 Å². The Balaban J connectivity index is 0.000000810. The van der Waals surface area contributed by atoms with Crippen molar-refractivity contribution in [3.63, 3.8) is 0 Å². The van der Waals surface area contributed by atoms with E-state index in [4.69, 9.17) is 5.11 Å². The summed E-state index contributed by atoms with van der Waals surface area (Å²) in [5.74, 6) is 0. The SMILES string of the molecule is N.O=C(O)N1CCCNC1. The molecule has 1 heterocycles. The summed E-state index contributed by atoms with van der Waals surface area (Å²) in [7, 11) is 0. The molecule has 0 aromatic carbocycles. The first-order chi connectivity index (χ1) is 4.30. The van der Waals surface area contributed by atoms with Gasteiger partial charge in [0.15, 0.2) is 0 Å². The monoisotopic (exact) mass is 147 g/mol. The summed E-state index contributed by atoms with van der Waals surface area (Å²) >= 11 is 0. The Labute approximate surface area is 59.6 Å². The maximum atomic E-state index is 10.2. The molecule has 0 spiro atoms. The maximum absolute atomic E-state index is 10.2. The van der Waals surface area contributed by atoms with Crippen LogP contribution in [0.3, 0.4) is 0 Å². The first-order valence-electron chi connectivity index (χ1n) is 2.99. The average Bonchev–Trinajstić information content (AvgIpc) is 1.90. The molecule has 1 amide bonds. The van der Waals surface area contributed by atoms with Gasteiger partial charge in [0, 0.05) is 6.54 Å². The van der Waals surface area contributed by atoms with E-state index in [1.54, 1.807) is 0 Å². The van der Waals surface area contributed by atoms with Gasteiger partial charge in [0.1, 0.15) is 0 Å². The van der Waals surface area contributed by atoms with Gasteiger partial charge in [0.2, 0.25) is 0 Å². The molecule has 0 radical (unpaired) electrons. The van der Waals surface area contributed by atoms with Gasteiger partial charge in [-0.05, 0) is 13.0 Å². The lowest BCUT2D eigenvalue weighted by Gasteiger charge is -2.24. The molecule has 10 heavy (non-hydrogen) atoms. The number of nitrogens with zero attached hydrogens (tertiary/aromatic N) is 1. The van der Waals surface area contributed by atoms with E-state index >= 15 is 0 Å². The third-order valence-corrected chi connectivity index (χ3v) is 1.35. The lowest BCUT2D eigenvalue weighted by atomic mass is 10.3. The summed E-state index contributed by atoms with van der Waals surface area (Å²) in [6.45, 7) is 2.08. The molecule has 0 aromatic rings. The highest BCUT2D eigenvalue weighted by atomic mass is 16.4. The van der Waals surface area contributed by atoms with Crippen molar-refractivity contribution in [2.45, 2.75) is 6.42 Å². The van der Waals surface area contributed by atoms with Crippen LogP contribution in [0.25, 0.3) is 0 Å². The second-order valence-corrected chi connectivity index (χ2v) is 2.06. The fourth-order valence-electron chi connectivity index (χ4n) is 0.851. The summed E-state index contributed by atoms with van der Waals surface area (Å²) < 4.78 is 0. The van der Waals surface area contributed by atoms with Crippen LogP contribution >= 0.6 is 0 Å². The quantitative estimate of drug-likeness (QED) is 0.452. The molecule has 1 rings (SSSR count). The summed E-state index contributed by atoms with van der Waals surface area (Å²) in [6.07, 6.45) is 0.0916. The normalized spacial score (nSPS) is 17.8. The maximum Gasteiger partial charge on any atom is 0.408 e. The number of hydrogen-bond donors (Lipinski definition) is 3. The minimum absolute atomic E-state index is 0. The van der Waals surface area contributed by atoms with Crippen molar-refractivity contribution >= 4 is 6.09 Å². The van der Waals surface area contributed by atoms with E-state index in [-0.39, 0.29) is 6.15 Å². The fourth-order valence-corrected chi connectivity index (χ4v) is 0.851. The molecule has 5 nitrogen and oxygen atoms in total. The summed E-state index contributed by atoms with van der Waals surface area (Å²) in [4.78, 5) is 11.6. The van der Waals surface area contributed by atoms with Crippen molar-refractivity contribution in [1.82, 2.24) is 16.4 Å². The molecule has 0 saturated carbocycles. The van der Waals surface area contributed by atoms with E-state index in [1.165, 1.54) is 4.90 Å². The van der Waals surface area contributed by atoms with Crippen LogP contribution in [0, 0.1) is 0 Å². The fraction of sp³-hybridized carbons (Fsp3) is 0.800. The van der Waals surface area contributed by atoms with Gasteiger partial charge in [-0.25, -0.2) is 4.79 Å². The molecule has 1 aliphatic heterocycles. The molecular weight excluding hydrogens is 134 g/mol. The van der Waals surface area contributed by atoms with Crippen molar-refractivity contribution in [1.29, 1.82) is 0 Å². The van der Waals surface area contributed by atoms with Gasteiger partial charge in [-0.2, -0.15) is 0 Å². The second kappa shape index (κ2) is 4.08. The van der Waals surface area contributed by atoms with Gasteiger partial charge in [-0.3, -0.25) is 10.2 Å². The highest BCUT2D eigenvalue weighted by molar-refractivity contribution is 5.64. The van der Waals surface area contributed by atoms with Crippen LogP contribution in [0.15, 0.2) is 0 Å². The molecule has 1 saturated heterocycles. The first-order valence-corrected chi connectivity index (χ1v) is 2.99. The molecule has 5 N–H and O–H groups in total. The topological polar surface area (TPSA) is 87.6 Å². The van der Waals surface area contributed by atoms with E-state index in [2.05, 4.69) is 5.32 Å². The van der Waals surface area contributed by atoms with E-state index in [0.717, 1.165) is 13.0 Å². The Bertz CT molecular complexity index is 111. The molecule has 0 atom stereocenters. The zero-order chi connectivity index (χ0) is 6.69. The zero-order valence-electron chi connectivity index (χ0n) is 5.84. The largest absolute Gasteiger partial charge is 0.465 e. The van der Waals surface area contributed by atoms with E-state index in [1.807, 2.05) is 0 Å². The van der Waals surface area contributed by atoms with E-state index < -0.39 is 6.09 Å². The first kappa shape index (κ1) is 9.19. The average molecular weight is 147 g/mol. The van der Waals surface area contributed by atoms with Crippen molar-refractivity contribution in [2.24, 2.45) is 0 Å². The minimum atomic E-state index is -0.831. The van der Waals surface area contributed by atoms with E-state index in [0.29, 0.717) is 13.2 Å². The number of carbonyl (C=O) groups is 1. The van der Waals surface area contributed by atoms with Crippen LogP contribution in [-0.4, -0.2) is 35.9 Å². The smallest absolute Gasteiger partial charge is 0.408 e. The predicted molar refractivity (Wildman–Crippen MR) is 37.2 cm³/mol. The number of amides is 1. The van der Waals surface area contributed by atoms with Gasteiger partial charge < -0.3 is 11.3 Å². The van der Waals surface area contributed by atoms with E-state index in [9.17, 15) is 4.79 Å². The van der Waals surface area contributed by atoms with Crippen molar-refractivity contribution in [2.75, 3.05) is 19.8 Å². The molecule has 0 bridgehead atoms. The Morgan fingerprint density at radius 2 is 2.30 bits per heavy atom. The molecule has 1 fully saturated rings. The highest BCUT2D eigenvalue weighted by Crippen LogP contribution is 1.94. The van der Waals surface area contributed by atoms with Crippen LogP contribution in [0.2, 0.25) is 0 Å². The molecule has 0 aliphatic carbocycles. The van der Waals surface area contributed by atoms with Gasteiger partial charge in [0.05, 0.1) is 6.67 Å². The Kier molecular flexibility index (Phi) is 3.75. The Morgan fingerprint density at radius 3 is 2.60 bits per heavy atom. The molecule has 1 aliphatic rings. The summed E-state index contributed by atoms with van der Waals surface area (Å²) in [5, 5.41) is 11.4. The number of nitrogens with one attached hydrogen (secondary N) is 1. The number of hydrogen-bond acceptors (Lipinski definition) is 3. The van der Waals surface area contributed by atoms with Crippen molar-refractivity contribution in [3.05, 3.63) is 0 Å². The second-order valence-electron chi connectivity index (χ2n) is 2.06. The molecule has 5 heteroatoms. The number of carboxylic acid groups (broad SMARTS) is 1. The molecule has 0 unspecified atom stereocenters. The van der Waals surface area contributed by atoms with Gasteiger partial charge in [0.25, 0.3) is 0 Å². The lowest BCUT2D eigenvalue weighted by molar-refractivity contribution is 0.132. The van der Waals surface area contributed by atoms with Crippen LogP contribution in [0.1, 0.15) is 6.42 Å². The van der Waals surface area contributed by atoms with Gasteiger partial charge in [-0.15, -0.1) is 0 Å². The van der Waals surface area contributed by atoms with Crippen molar-refractivity contribution in [3.8, 4) is 0 Å². The van der Waals surface area contributed by atoms with Crippen LogP contribution < -0.4 is 11.5 Å². The Morgan fingerprint density at radius 1 is 1.60 bits per heavy atom. The van der Waals surface area contributed by atoms with Gasteiger partial charge in [-0.1, -0.05) is 0 Å². The van der Waals surface area contributed by atoms with Crippen LogP contribution in [0.5, 0.6) is 0 Å².